The van der Waals surface area contributed by atoms with Gasteiger partial charge >= 0.3 is 0 Å². The highest BCUT2D eigenvalue weighted by atomic mass is 79.9. The van der Waals surface area contributed by atoms with Gasteiger partial charge in [-0.05, 0) is 34.5 Å². The monoisotopic (exact) mass is 321 g/mol. The SMILES string of the molecule is C=C(C)COc1cccc(-c2cnn(C)c2N)c1Br. The fraction of sp³-hybridized carbons (Fsp3) is 0.214. The van der Waals surface area contributed by atoms with Gasteiger partial charge in [-0.3, -0.25) is 4.68 Å². The van der Waals surface area contributed by atoms with Gasteiger partial charge in [0.1, 0.15) is 18.2 Å². The van der Waals surface area contributed by atoms with E-state index in [1.807, 2.05) is 32.2 Å². The molecule has 0 atom stereocenters. The maximum atomic E-state index is 6.00. The summed E-state index contributed by atoms with van der Waals surface area (Å²) < 4.78 is 8.21. The molecule has 1 heterocycles. The lowest BCUT2D eigenvalue weighted by atomic mass is 10.1. The summed E-state index contributed by atoms with van der Waals surface area (Å²) in [6.45, 7) is 6.24. The van der Waals surface area contributed by atoms with Gasteiger partial charge in [0, 0.05) is 18.2 Å². The smallest absolute Gasteiger partial charge is 0.134 e. The van der Waals surface area contributed by atoms with Crippen molar-refractivity contribution in [3.05, 3.63) is 41.0 Å². The first kappa shape index (κ1) is 13.7. The summed E-state index contributed by atoms with van der Waals surface area (Å²) >= 11 is 3.56. The molecular weight excluding hydrogens is 306 g/mol. The Morgan fingerprint density at radius 3 is 2.79 bits per heavy atom. The van der Waals surface area contributed by atoms with Crippen molar-refractivity contribution >= 4 is 21.7 Å². The van der Waals surface area contributed by atoms with Crippen LogP contribution in [0.2, 0.25) is 0 Å². The number of hydrogen-bond donors (Lipinski definition) is 1. The summed E-state index contributed by atoms with van der Waals surface area (Å²) in [6.07, 6.45) is 1.75. The van der Waals surface area contributed by atoms with Crippen molar-refractivity contribution < 1.29 is 4.74 Å². The van der Waals surface area contributed by atoms with Crippen LogP contribution in [0, 0.1) is 0 Å². The predicted molar refractivity (Wildman–Crippen MR) is 81.1 cm³/mol. The molecule has 100 valence electrons. The van der Waals surface area contributed by atoms with Gasteiger partial charge in [0.25, 0.3) is 0 Å². The van der Waals surface area contributed by atoms with Crippen LogP contribution in [0.25, 0.3) is 11.1 Å². The zero-order valence-corrected chi connectivity index (χ0v) is 12.6. The molecule has 0 spiro atoms. The minimum absolute atomic E-state index is 0.491. The molecule has 19 heavy (non-hydrogen) atoms. The number of aromatic nitrogens is 2. The number of anilines is 1. The minimum atomic E-state index is 0.491. The number of nitrogen functional groups attached to an aromatic ring is 1. The van der Waals surface area contributed by atoms with E-state index in [9.17, 15) is 0 Å². The fourth-order valence-corrected chi connectivity index (χ4v) is 2.28. The number of aryl methyl sites for hydroxylation is 1. The van der Waals surface area contributed by atoms with Crippen LogP contribution >= 0.6 is 15.9 Å². The predicted octanol–water partition coefficient (Wildman–Crippen LogP) is 3.39. The summed E-state index contributed by atoms with van der Waals surface area (Å²) in [7, 11) is 1.81. The van der Waals surface area contributed by atoms with Gasteiger partial charge in [0.2, 0.25) is 0 Å². The van der Waals surface area contributed by atoms with E-state index in [4.69, 9.17) is 10.5 Å². The van der Waals surface area contributed by atoms with Crippen LogP contribution in [0.3, 0.4) is 0 Å². The third-order valence-corrected chi connectivity index (χ3v) is 3.53. The molecule has 1 aromatic carbocycles. The Labute approximate surface area is 121 Å². The van der Waals surface area contributed by atoms with Gasteiger partial charge in [0.05, 0.1) is 10.7 Å². The van der Waals surface area contributed by atoms with E-state index in [0.29, 0.717) is 12.4 Å². The van der Waals surface area contributed by atoms with E-state index in [1.165, 1.54) is 0 Å². The summed E-state index contributed by atoms with van der Waals surface area (Å²) in [5.74, 6) is 1.39. The van der Waals surface area contributed by atoms with Gasteiger partial charge in [-0.25, -0.2) is 0 Å². The van der Waals surface area contributed by atoms with Gasteiger partial charge in [-0.15, -0.1) is 0 Å². The molecule has 2 aromatic rings. The molecule has 0 aliphatic rings. The van der Waals surface area contributed by atoms with E-state index in [0.717, 1.165) is 26.9 Å². The van der Waals surface area contributed by atoms with Crippen molar-refractivity contribution in [1.82, 2.24) is 9.78 Å². The van der Waals surface area contributed by atoms with E-state index >= 15 is 0 Å². The zero-order valence-electron chi connectivity index (χ0n) is 11.0. The fourth-order valence-electron chi connectivity index (χ4n) is 1.69. The molecule has 0 saturated heterocycles. The molecule has 0 bridgehead atoms. The normalized spacial score (nSPS) is 10.5. The molecule has 0 aliphatic carbocycles. The average molecular weight is 322 g/mol. The van der Waals surface area contributed by atoms with Crippen LogP contribution in [0.15, 0.2) is 41.0 Å². The second kappa shape index (κ2) is 5.48. The molecule has 0 fully saturated rings. The molecule has 0 radical (unpaired) electrons. The van der Waals surface area contributed by atoms with E-state index in [-0.39, 0.29) is 0 Å². The highest BCUT2D eigenvalue weighted by Crippen LogP contribution is 2.37. The molecule has 5 heteroatoms. The molecular formula is C14H16BrN3O. The first-order chi connectivity index (χ1) is 9.00. The Bertz CT molecular complexity index is 619. The molecule has 0 aliphatic heterocycles. The van der Waals surface area contributed by atoms with E-state index in [1.54, 1.807) is 10.9 Å². The van der Waals surface area contributed by atoms with Crippen molar-refractivity contribution in [1.29, 1.82) is 0 Å². The van der Waals surface area contributed by atoms with Gasteiger partial charge in [-0.2, -0.15) is 5.10 Å². The van der Waals surface area contributed by atoms with Crippen LogP contribution < -0.4 is 10.5 Å². The summed E-state index contributed by atoms with van der Waals surface area (Å²) in [5, 5.41) is 4.15. The van der Waals surface area contributed by atoms with Crippen molar-refractivity contribution in [2.24, 2.45) is 7.05 Å². The Balaban J connectivity index is 2.40. The largest absolute Gasteiger partial charge is 0.488 e. The summed E-state index contributed by atoms with van der Waals surface area (Å²) in [4.78, 5) is 0. The number of hydrogen-bond acceptors (Lipinski definition) is 3. The summed E-state index contributed by atoms with van der Waals surface area (Å²) in [5.41, 5.74) is 8.82. The quantitative estimate of drug-likeness (QED) is 0.878. The maximum absolute atomic E-state index is 6.00. The topological polar surface area (TPSA) is 53.1 Å². The number of halogens is 1. The minimum Gasteiger partial charge on any atom is -0.488 e. The third-order valence-electron chi connectivity index (χ3n) is 2.71. The Morgan fingerprint density at radius 2 is 2.21 bits per heavy atom. The van der Waals surface area contributed by atoms with E-state index in [2.05, 4.69) is 27.6 Å². The first-order valence-corrected chi connectivity index (χ1v) is 6.63. The molecule has 4 nitrogen and oxygen atoms in total. The zero-order chi connectivity index (χ0) is 14.0. The van der Waals surface area contributed by atoms with Gasteiger partial charge in [-0.1, -0.05) is 18.7 Å². The molecule has 2 N–H and O–H groups in total. The van der Waals surface area contributed by atoms with Crippen LogP contribution in [0.4, 0.5) is 5.82 Å². The molecule has 0 saturated carbocycles. The third kappa shape index (κ3) is 2.81. The molecule has 0 amide bonds. The average Bonchev–Trinajstić information content (AvgIpc) is 2.69. The molecule has 0 unspecified atom stereocenters. The van der Waals surface area contributed by atoms with Crippen molar-refractivity contribution in [2.45, 2.75) is 6.92 Å². The maximum Gasteiger partial charge on any atom is 0.134 e. The lowest BCUT2D eigenvalue weighted by molar-refractivity contribution is 0.350. The van der Waals surface area contributed by atoms with E-state index < -0.39 is 0 Å². The van der Waals surface area contributed by atoms with Crippen molar-refractivity contribution in [2.75, 3.05) is 12.3 Å². The molecule has 2 rings (SSSR count). The van der Waals surface area contributed by atoms with Crippen molar-refractivity contribution in [3.63, 3.8) is 0 Å². The Kier molecular flexibility index (Phi) is 3.95. The van der Waals surface area contributed by atoms with Crippen LogP contribution in [0.5, 0.6) is 5.75 Å². The highest BCUT2D eigenvalue weighted by molar-refractivity contribution is 9.10. The Morgan fingerprint density at radius 1 is 1.47 bits per heavy atom. The van der Waals surface area contributed by atoms with Crippen LogP contribution in [0.1, 0.15) is 6.92 Å². The Hall–Kier alpha value is -1.75. The second-order valence-electron chi connectivity index (χ2n) is 4.43. The van der Waals surface area contributed by atoms with Crippen LogP contribution in [-0.4, -0.2) is 16.4 Å². The second-order valence-corrected chi connectivity index (χ2v) is 5.22. The lowest BCUT2D eigenvalue weighted by Gasteiger charge is -2.11. The number of rotatable bonds is 4. The molecule has 1 aromatic heterocycles. The lowest BCUT2D eigenvalue weighted by Crippen LogP contribution is -2.00. The van der Waals surface area contributed by atoms with Crippen molar-refractivity contribution in [3.8, 4) is 16.9 Å². The first-order valence-electron chi connectivity index (χ1n) is 5.84. The van der Waals surface area contributed by atoms with Gasteiger partial charge < -0.3 is 10.5 Å². The highest BCUT2D eigenvalue weighted by Gasteiger charge is 2.13. The number of nitrogens with zero attached hydrogens (tertiary/aromatic N) is 2. The number of ether oxygens (including phenoxy) is 1. The number of nitrogens with two attached hydrogens (primary N) is 1. The van der Waals surface area contributed by atoms with Gasteiger partial charge in [0.15, 0.2) is 0 Å². The standard InChI is InChI=1S/C14H16BrN3O/c1-9(2)8-19-12-6-4-5-10(13(12)15)11-7-17-18(3)14(11)16/h4-7H,1,8,16H2,2-3H3. The summed E-state index contributed by atoms with van der Waals surface area (Å²) in [6, 6.07) is 5.81. The van der Waals surface area contributed by atoms with Crippen LogP contribution in [-0.2, 0) is 7.05 Å². The number of benzene rings is 1.